The van der Waals surface area contributed by atoms with E-state index in [4.69, 9.17) is 17.3 Å². The first kappa shape index (κ1) is 13.8. The molecule has 2 aromatic rings. The average molecular weight is 291 g/mol. The fourth-order valence-electron chi connectivity index (χ4n) is 1.57. The maximum absolute atomic E-state index is 12.0. The Labute approximate surface area is 120 Å². The number of carbonyl (C=O) groups is 2. The summed E-state index contributed by atoms with van der Waals surface area (Å²) >= 11 is 5.84. The molecule has 0 bridgehead atoms. The molecule has 2 rings (SSSR count). The van der Waals surface area contributed by atoms with Crippen molar-refractivity contribution in [2.45, 2.75) is 0 Å². The van der Waals surface area contributed by atoms with E-state index in [2.05, 4.69) is 15.6 Å². The topological polar surface area (TPSA) is 97.1 Å². The van der Waals surface area contributed by atoms with Crippen LogP contribution in [0.2, 0.25) is 5.15 Å². The SMILES string of the molecule is NC(=O)Nc1cccc(NC(=O)c2cccnc2Cl)c1. The average Bonchev–Trinajstić information content (AvgIpc) is 2.38. The van der Waals surface area contributed by atoms with Gasteiger partial charge in [0.1, 0.15) is 5.15 Å². The van der Waals surface area contributed by atoms with Crippen LogP contribution in [0.5, 0.6) is 0 Å². The number of carbonyl (C=O) groups excluding carboxylic acids is 2. The van der Waals surface area contributed by atoms with Crippen LogP contribution in [-0.4, -0.2) is 16.9 Å². The maximum Gasteiger partial charge on any atom is 0.316 e. The van der Waals surface area contributed by atoms with E-state index in [0.29, 0.717) is 11.4 Å². The number of hydrogen-bond donors (Lipinski definition) is 3. The maximum atomic E-state index is 12.0. The van der Waals surface area contributed by atoms with Crippen LogP contribution in [0.15, 0.2) is 42.6 Å². The minimum Gasteiger partial charge on any atom is -0.351 e. The van der Waals surface area contributed by atoms with Crippen molar-refractivity contribution in [3.8, 4) is 0 Å². The zero-order chi connectivity index (χ0) is 14.5. The Morgan fingerprint density at radius 3 is 2.45 bits per heavy atom. The van der Waals surface area contributed by atoms with Gasteiger partial charge in [0.25, 0.3) is 5.91 Å². The molecule has 7 heteroatoms. The van der Waals surface area contributed by atoms with E-state index < -0.39 is 6.03 Å². The van der Waals surface area contributed by atoms with Crippen molar-refractivity contribution in [1.29, 1.82) is 0 Å². The minimum absolute atomic E-state index is 0.122. The number of nitrogens with two attached hydrogens (primary N) is 1. The molecule has 0 aliphatic rings. The molecule has 0 unspecified atom stereocenters. The number of benzene rings is 1. The van der Waals surface area contributed by atoms with Gasteiger partial charge in [-0.2, -0.15) is 0 Å². The van der Waals surface area contributed by atoms with E-state index in [9.17, 15) is 9.59 Å². The van der Waals surface area contributed by atoms with Gasteiger partial charge in [0.2, 0.25) is 0 Å². The summed E-state index contributed by atoms with van der Waals surface area (Å²) in [6.45, 7) is 0. The van der Waals surface area contributed by atoms with Crippen molar-refractivity contribution >= 4 is 34.9 Å². The van der Waals surface area contributed by atoms with Crippen molar-refractivity contribution in [3.63, 3.8) is 0 Å². The number of pyridine rings is 1. The lowest BCUT2D eigenvalue weighted by Crippen LogP contribution is -2.19. The van der Waals surface area contributed by atoms with Crippen molar-refractivity contribution in [2.24, 2.45) is 5.73 Å². The van der Waals surface area contributed by atoms with Gasteiger partial charge >= 0.3 is 6.03 Å². The highest BCUT2D eigenvalue weighted by Crippen LogP contribution is 2.18. The second kappa shape index (κ2) is 6.03. The number of aromatic nitrogens is 1. The highest BCUT2D eigenvalue weighted by molar-refractivity contribution is 6.33. The summed E-state index contributed by atoms with van der Waals surface area (Å²) in [6.07, 6.45) is 1.50. The lowest BCUT2D eigenvalue weighted by atomic mass is 10.2. The van der Waals surface area contributed by atoms with Crippen LogP contribution in [-0.2, 0) is 0 Å². The Hall–Kier alpha value is -2.60. The van der Waals surface area contributed by atoms with E-state index in [-0.39, 0.29) is 16.6 Å². The third-order valence-electron chi connectivity index (χ3n) is 2.39. The molecule has 0 saturated heterocycles. The number of urea groups is 1. The fraction of sp³-hybridized carbons (Fsp3) is 0. The normalized spacial score (nSPS) is 9.85. The van der Waals surface area contributed by atoms with Crippen molar-refractivity contribution < 1.29 is 9.59 Å². The van der Waals surface area contributed by atoms with Crippen LogP contribution in [0.3, 0.4) is 0 Å². The summed E-state index contributed by atoms with van der Waals surface area (Å²) in [7, 11) is 0. The van der Waals surface area contributed by atoms with Gasteiger partial charge in [-0.15, -0.1) is 0 Å². The molecule has 0 atom stereocenters. The van der Waals surface area contributed by atoms with Crippen LogP contribution in [0.25, 0.3) is 0 Å². The van der Waals surface area contributed by atoms with Gasteiger partial charge in [-0.1, -0.05) is 17.7 Å². The zero-order valence-electron chi connectivity index (χ0n) is 10.3. The van der Waals surface area contributed by atoms with E-state index in [0.717, 1.165) is 0 Å². The predicted octanol–water partition coefficient (Wildman–Crippen LogP) is 2.48. The van der Waals surface area contributed by atoms with Gasteiger partial charge in [-0.3, -0.25) is 4.79 Å². The van der Waals surface area contributed by atoms with E-state index in [1.54, 1.807) is 36.4 Å². The Kier molecular flexibility index (Phi) is 4.17. The minimum atomic E-state index is -0.677. The van der Waals surface area contributed by atoms with Crippen LogP contribution < -0.4 is 16.4 Å². The number of nitrogens with zero attached hydrogens (tertiary/aromatic N) is 1. The summed E-state index contributed by atoms with van der Waals surface area (Å²) in [6, 6.07) is 9.08. The Morgan fingerprint density at radius 1 is 1.10 bits per heavy atom. The molecular formula is C13H11ClN4O2. The Balaban J connectivity index is 2.16. The lowest BCUT2D eigenvalue weighted by Gasteiger charge is -2.08. The summed E-state index contributed by atoms with van der Waals surface area (Å²) in [4.78, 5) is 26.6. The quantitative estimate of drug-likeness (QED) is 0.757. The highest BCUT2D eigenvalue weighted by atomic mass is 35.5. The number of amides is 3. The summed E-state index contributed by atoms with van der Waals surface area (Å²) in [5.41, 5.74) is 6.27. The van der Waals surface area contributed by atoms with Crippen LogP contribution >= 0.6 is 11.6 Å². The number of halogens is 1. The molecule has 0 aliphatic carbocycles. The molecule has 0 radical (unpaired) electrons. The first-order valence-corrected chi connectivity index (χ1v) is 6.02. The van der Waals surface area contributed by atoms with Gasteiger partial charge in [-0.25, -0.2) is 9.78 Å². The summed E-state index contributed by atoms with van der Waals surface area (Å²) in [5, 5.41) is 5.20. The number of primary amides is 1. The van der Waals surface area contributed by atoms with Crippen molar-refractivity contribution in [2.75, 3.05) is 10.6 Å². The number of anilines is 2. The molecule has 0 spiro atoms. The number of rotatable bonds is 3. The molecule has 0 fully saturated rings. The molecule has 0 aliphatic heterocycles. The van der Waals surface area contributed by atoms with Crippen LogP contribution in [0.1, 0.15) is 10.4 Å². The third-order valence-corrected chi connectivity index (χ3v) is 2.69. The van der Waals surface area contributed by atoms with E-state index in [1.165, 1.54) is 6.20 Å². The summed E-state index contributed by atoms with van der Waals surface area (Å²) in [5.74, 6) is -0.390. The standard InChI is InChI=1S/C13H11ClN4O2/c14-11-10(5-2-6-16-11)12(19)17-8-3-1-4-9(7-8)18-13(15)20/h1-7H,(H,17,19)(H3,15,18,20). The van der Waals surface area contributed by atoms with Gasteiger partial charge in [0.15, 0.2) is 0 Å². The van der Waals surface area contributed by atoms with E-state index in [1.807, 2.05) is 0 Å². The molecule has 1 aromatic heterocycles. The zero-order valence-corrected chi connectivity index (χ0v) is 11.0. The summed E-state index contributed by atoms with van der Waals surface area (Å²) < 4.78 is 0. The molecule has 6 nitrogen and oxygen atoms in total. The van der Waals surface area contributed by atoms with Crippen LogP contribution in [0.4, 0.5) is 16.2 Å². The molecule has 20 heavy (non-hydrogen) atoms. The predicted molar refractivity (Wildman–Crippen MR) is 76.8 cm³/mol. The molecule has 1 heterocycles. The number of nitrogens with one attached hydrogen (secondary N) is 2. The number of hydrogen-bond acceptors (Lipinski definition) is 3. The first-order valence-electron chi connectivity index (χ1n) is 5.64. The molecule has 0 saturated carbocycles. The van der Waals surface area contributed by atoms with Gasteiger partial charge in [0.05, 0.1) is 5.56 Å². The smallest absolute Gasteiger partial charge is 0.316 e. The molecule has 1 aromatic carbocycles. The van der Waals surface area contributed by atoms with Crippen molar-refractivity contribution in [3.05, 3.63) is 53.3 Å². The molecule has 102 valence electrons. The second-order valence-electron chi connectivity index (χ2n) is 3.87. The highest BCUT2D eigenvalue weighted by Gasteiger charge is 2.11. The third kappa shape index (κ3) is 3.46. The fourth-order valence-corrected chi connectivity index (χ4v) is 1.78. The van der Waals surface area contributed by atoms with E-state index >= 15 is 0 Å². The van der Waals surface area contributed by atoms with Crippen molar-refractivity contribution in [1.82, 2.24) is 4.98 Å². The largest absolute Gasteiger partial charge is 0.351 e. The van der Waals surface area contributed by atoms with Gasteiger partial charge in [-0.05, 0) is 30.3 Å². The molecule has 4 N–H and O–H groups in total. The second-order valence-corrected chi connectivity index (χ2v) is 4.22. The molecular weight excluding hydrogens is 280 g/mol. The Bertz CT molecular complexity index is 660. The monoisotopic (exact) mass is 290 g/mol. The van der Waals surface area contributed by atoms with Gasteiger partial charge < -0.3 is 16.4 Å². The Morgan fingerprint density at radius 2 is 1.80 bits per heavy atom. The lowest BCUT2D eigenvalue weighted by molar-refractivity contribution is 0.102. The first-order chi connectivity index (χ1) is 9.56. The molecule has 3 amide bonds. The van der Waals surface area contributed by atoms with Gasteiger partial charge in [0, 0.05) is 17.6 Å². The van der Waals surface area contributed by atoms with Crippen LogP contribution in [0, 0.1) is 0 Å².